The van der Waals surface area contributed by atoms with Gasteiger partial charge in [-0.15, -0.1) is 11.3 Å². The molecule has 1 aliphatic carbocycles. The lowest BCUT2D eigenvalue weighted by atomic mass is 10.0. The number of amides is 1. The molecule has 3 nitrogen and oxygen atoms in total. The van der Waals surface area contributed by atoms with Crippen LogP contribution in [0.25, 0.3) is 11.3 Å². The highest BCUT2D eigenvalue weighted by Gasteiger charge is 2.44. The Morgan fingerprint density at radius 2 is 1.89 bits per heavy atom. The Bertz CT molecular complexity index is 915. The number of benzene rings is 2. The van der Waals surface area contributed by atoms with Gasteiger partial charge >= 0.3 is 0 Å². The zero-order valence-electron chi connectivity index (χ0n) is 15.7. The van der Waals surface area contributed by atoms with Crippen LogP contribution in [0.5, 0.6) is 0 Å². The van der Waals surface area contributed by atoms with Crippen LogP contribution in [0.3, 0.4) is 0 Å². The summed E-state index contributed by atoms with van der Waals surface area (Å²) < 4.78 is 0. The Morgan fingerprint density at radius 1 is 1.15 bits per heavy atom. The molecule has 4 rings (SSSR count). The minimum Gasteiger partial charge on any atom is -0.302 e. The molecule has 0 aliphatic heterocycles. The van der Waals surface area contributed by atoms with Gasteiger partial charge in [-0.2, -0.15) is 0 Å². The van der Waals surface area contributed by atoms with Crippen molar-refractivity contribution < 1.29 is 4.79 Å². The number of carbonyl (C=O) groups excluding carboxylic acids is 1. The van der Waals surface area contributed by atoms with Gasteiger partial charge in [0.1, 0.15) is 0 Å². The summed E-state index contributed by atoms with van der Waals surface area (Å²) in [5.74, 6) is 1.14. The largest absolute Gasteiger partial charge is 0.302 e. The maximum absolute atomic E-state index is 12.5. The first-order valence-electron chi connectivity index (χ1n) is 9.51. The molecule has 1 heterocycles. The van der Waals surface area contributed by atoms with E-state index in [9.17, 15) is 4.79 Å². The maximum Gasteiger partial charge on any atom is 0.229 e. The number of carbonyl (C=O) groups is 1. The summed E-state index contributed by atoms with van der Waals surface area (Å²) in [7, 11) is 0. The van der Waals surface area contributed by atoms with Gasteiger partial charge in [0.25, 0.3) is 0 Å². The molecule has 0 spiro atoms. The summed E-state index contributed by atoms with van der Waals surface area (Å²) in [6, 6.07) is 18.8. The van der Waals surface area contributed by atoms with E-state index in [2.05, 4.69) is 60.5 Å². The minimum absolute atomic E-state index is 0.0649. The van der Waals surface area contributed by atoms with Gasteiger partial charge in [-0.25, -0.2) is 4.98 Å². The van der Waals surface area contributed by atoms with Crippen LogP contribution in [0.1, 0.15) is 37.3 Å². The van der Waals surface area contributed by atoms with Gasteiger partial charge in [-0.3, -0.25) is 4.79 Å². The fraction of sp³-hybridized carbons (Fsp3) is 0.304. The monoisotopic (exact) mass is 376 g/mol. The van der Waals surface area contributed by atoms with E-state index in [0.29, 0.717) is 17.0 Å². The average Bonchev–Trinajstić information content (AvgIpc) is 3.35. The van der Waals surface area contributed by atoms with Gasteiger partial charge in [-0.05, 0) is 35.8 Å². The molecule has 2 unspecified atom stereocenters. The van der Waals surface area contributed by atoms with E-state index in [1.807, 2.05) is 23.6 Å². The zero-order valence-corrected chi connectivity index (χ0v) is 16.5. The smallest absolute Gasteiger partial charge is 0.229 e. The fourth-order valence-electron chi connectivity index (χ4n) is 3.50. The minimum atomic E-state index is 0.0649. The summed E-state index contributed by atoms with van der Waals surface area (Å²) in [5, 5.41) is 5.69. The highest BCUT2D eigenvalue weighted by atomic mass is 32.1. The van der Waals surface area contributed by atoms with Crippen LogP contribution in [0.4, 0.5) is 5.13 Å². The molecular weight excluding hydrogens is 352 g/mol. The molecule has 4 heteroatoms. The van der Waals surface area contributed by atoms with Crippen LogP contribution in [-0.4, -0.2) is 10.9 Å². The Kier molecular flexibility index (Phi) is 5.08. The third kappa shape index (κ3) is 4.28. The van der Waals surface area contributed by atoms with E-state index < -0.39 is 0 Å². The van der Waals surface area contributed by atoms with Crippen LogP contribution in [0.15, 0.2) is 60.0 Å². The molecule has 1 N–H and O–H groups in total. The van der Waals surface area contributed by atoms with E-state index in [1.165, 1.54) is 22.5 Å². The van der Waals surface area contributed by atoms with Crippen molar-refractivity contribution in [2.75, 3.05) is 5.32 Å². The van der Waals surface area contributed by atoms with Crippen LogP contribution in [-0.2, 0) is 11.2 Å². The molecule has 0 saturated heterocycles. The Hall–Kier alpha value is -2.46. The second-order valence-corrected chi connectivity index (χ2v) is 8.54. The van der Waals surface area contributed by atoms with Crippen molar-refractivity contribution in [3.63, 3.8) is 0 Å². The van der Waals surface area contributed by atoms with Gasteiger partial charge in [0.15, 0.2) is 5.13 Å². The molecule has 1 amide bonds. The molecule has 1 aliphatic rings. The molecule has 1 saturated carbocycles. The van der Waals surface area contributed by atoms with Crippen molar-refractivity contribution in [2.45, 2.75) is 32.6 Å². The number of rotatable bonds is 6. The van der Waals surface area contributed by atoms with Gasteiger partial charge in [0.2, 0.25) is 5.91 Å². The predicted molar refractivity (Wildman–Crippen MR) is 112 cm³/mol. The molecule has 1 aromatic heterocycles. The van der Waals surface area contributed by atoms with Crippen LogP contribution < -0.4 is 5.32 Å². The molecule has 2 atom stereocenters. The van der Waals surface area contributed by atoms with E-state index in [-0.39, 0.29) is 11.8 Å². The topological polar surface area (TPSA) is 42.0 Å². The number of anilines is 1. The fourth-order valence-corrected chi connectivity index (χ4v) is 4.22. The first kappa shape index (κ1) is 17.9. The highest BCUT2D eigenvalue weighted by Crippen LogP contribution is 2.48. The first-order chi connectivity index (χ1) is 13.1. The quantitative estimate of drug-likeness (QED) is 0.595. The SMILES string of the molecule is CC(C)Cc1ccc(-c2csc(NC(=O)C3CC3c3ccccc3)n2)cc1. The number of thiazole rings is 1. The lowest BCUT2D eigenvalue weighted by molar-refractivity contribution is -0.117. The summed E-state index contributed by atoms with van der Waals surface area (Å²) in [6.07, 6.45) is 2.01. The van der Waals surface area contributed by atoms with Gasteiger partial charge in [0, 0.05) is 16.9 Å². The molecule has 138 valence electrons. The number of aromatic nitrogens is 1. The Labute approximate surface area is 164 Å². The molecule has 1 fully saturated rings. The second kappa shape index (κ2) is 7.65. The molecular formula is C23H24N2OS. The third-order valence-electron chi connectivity index (χ3n) is 4.98. The highest BCUT2D eigenvalue weighted by molar-refractivity contribution is 7.14. The van der Waals surface area contributed by atoms with Crippen LogP contribution in [0, 0.1) is 11.8 Å². The van der Waals surface area contributed by atoms with Crippen molar-refractivity contribution in [2.24, 2.45) is 11.8 Å². The van der Waals surface area contributed by atoms with E-state index >= 15 is 0 Å². The van der Waals surface area contributed by atoms with Crippen LogP contribution in [0.2, 0.25) is 0 Å². The average molecular weight is 377 g/mol. The van der Waals surface area contributed by atoms with E-state index in [4.69, 9.17) is 0 Å². The van der Waals surface area contributed by atoms with Gasteiger partial charge in [0.05, 0.1) is 5.69 Å². The maximum atomic E-state index is 12.5. The normalized spacial score (nSPS) is 18.5. The molecule has 2 aromatic carbocycles. The number of hydrogen-bond acceptors (Lipinski definition) is 3. The Balaban J connectivity index is 1.38. The van der Waals surface area contributed by atoms with Crippen molar-refractivity contribution in [1.82, 2.24) is 4.98 Å². The standard InChI is InChI=1S/C23H24N2OS/c1-15(2)12-16-8-10-18(11-9-16)21-14-27-23(24-21)25-22(26)20-13-19(20)17-6-4-3-5-7-17/h3-11,14-15,19-20H,12-13H2,1-2H3,(H,24,25,26). The molecule has 0 radical (unpaired) electrons. The van der Waals surface area contributed by atoms with E-state index in [1.54, 1.807) is 0 Å². The van der Waals surface area contributed by atoms with Crippen molar-refractivity contribution in [3.8, 4) is 11.3 Å². The lowest BCUT2D eigenvalue weighted by Gasteiger charge is -2.05. The zero-order chi connectivity index (χ0) is 18.8. The molecule has 3 aromatic rings. The molecule has 27 heavy (non-hydrogen) atoms. The molecule has 0 bridgehead atoms. The summed E-state index contributed by atoms with van der Waals surface area (Å²) in [4.78, 5) is 17.1. The number of nitrogens with one attached hydrogen (secondary N) is 1. The van der Waals surface area contributed by atoms with E-state index in [0.717, 1.165) is 24.1 Å². The second-order valence-electron chi connectivity index (χ2n) is 7.68. The summed E-state index contributed by atoms with van der Waals surface area (Å²) in [5.41, 5.74) is 4.60. The van der Waals surface area contributed by atoms with Crippen molar-refractivity contribution in [1.29, 1.82) is 0 Å². The predicted octanol–water partition coefficient (Wildman–Crippen LogP) is 5.75. The third-order valence-corrected chi connectivity index (χ3v) is 5.74. The number of nitrogens with zero attached hydrogens (tertiary/aromatic N) is 1. The lowest BCUT2D eigenvalue weighted by Crippen LogP contribution is -2.14. The Morgan fingerprint density at radius 3 is 2.59 bits per heavy atom. The van der Waals surface area contributed by atoms with Crippen molar-refractivity contribution >= 4 is 22.4 Å². The van der Waals surface area contributed by atoms with Crippen LogP contribution >= 0.6 is 11.3 Å². The summed E-state index contributed by atoms with van der Waals surface area (Å²) >= 11 is 1.49. The number of hydrogen-bond donors (Lipinski definition) is 1. The summed E-state index contributed by atoms with van der Waals surface area (Å²) in [6.45, 7) is 4.46. The first-order valence-corrected chi connectivity index (χ1v) is 10.4. The van der Waals surface area contributed by atoms with Crippen molar-refractivity contribution in [3.05, 3.63) is 71.1 Å². The van der Waals surface area contributed by atoms with Gasteiger partial charge in [-0.1, -0.05) is 68.4 Å². The van der Waals surface area contributed by atoms with Gasteiger partial charge < -0.3 is 5.32 Å².